The molecule has 22 heavy (non-hydrogen) atoms. The third-order valence-electron chi connectivity index (χ3n) is 2.77. The van der Waals surface area contributed by atoms with Crippen LogP contribution in [0.5, 0.6) is 11.5 Å². The van der Waals surface area contributed by atoms with E-state index in [1.807, 2.05) is 30.3 Å². The molecule has 2 rings (SSSR count). The van der Waals surface area contributed by atoms with E-state index in [1.165, 1.54) is 7.11 Å². The Morgan fingerprint density at radius 2 is 1.55 bits per heavy atom. The normalized spacial score (nSPS) is 11.4. The molecule has 0 saturated carbocycles. The molecule has 0 amide bonds. The molecule has 0 aromatic heterocycles. The number of hydrogen-bond acceptors (Lipinski definition) is 5. The van der Waals surface area contributed by atoms with Crippen LogP contribution < -0.4 is 31.1 Å². The molecule has 0 fully saturated rings. The quantitative estimate of drug-likeness (QED) is 0.479. The van der Waals surface area contributed by atoms with E-state index in [2.05, 4.69) is 2.51 Å². The fourth-order valence-corrected chi connectivity index (χ4v) is 4.34. The Labute approximate surface area is 139 Å². The summed E-state index contributed by atoms with van der Waals surface area (Å²) in [5.74, 6) is 1.31. The third-order valence-corrected chi connectivity index (χ3v) is 6.26. The second-order valence-corrected chi connectivity index (χ2v) is 7.80. The van der Waals surface area contributed by atoms with Crippen molar-refractivity contribution >= 4 is 10.4 Å². The van der Waals surface area contributed by atoms with Gasteiger partial charge in [0.05, 0.1) is 0 Å². The molecule has 0 bridgehead atoms. The first kappa shape index (κ1) is 17.0. The van der Waals surface area contributed by atoms with Crippen molar-refractivity contribution in [1.82, 2.24) is 0 Å². The van der Waals surface area contributed by atoms with Crippen molar-refractivity contribution in [2.75, 3.05) is 14.2 Å². The van der Waals surface area contributed by atoms with Crippen molar-refractivity contribution < 1.29 is 46.6 Å². The molecule has 0 spiro atoms. The fourth-order valence-electron chi connectivity index (χ4n) is 1.77. The summed E-state index contributed by atoms with van der Waals surface area (Å²) in [4.78, 5) is 0. The van der Waals surface area contributed by atoms with E-state index in [0.29, 0.717) is 9.32 Å². The molecule has 8 heteroatoms. The van der Waals surface area contributed by atoms with Gasteiger partial charge in [0.1, 0.15) is 0 Å². The molecule has 2 aromatic rings. The second kappa shape index (κ2) is 7.27. The first-order valence-electron chi connectivity index (χ1n) is 6.06. The van der Waals surface area contributed by atoms with Gasteiger partial charge in [-0.2, -0.15) is 0 Å². The van der Waals surface area contributed by atoms with Gasteiger partial charge in [-0.1, -0.05) is 0 Å². The number of rotatable bonds is 6. The molecule has 0 atom stereocenters. The van der Waals surface area contributed by atoms with Gasteiger partial charge in [-0.05, 0) is 0 Å². The Bertz CT molecular complexity index is 742. The first-order chi connectivity index (χ1) is 10.4. The molecular formula is C14H14IO6S-. The molecular weight excluding hydrogens is 423 g/mol. The monoisotopic (exact) mass is 437 g/mol. The van der Waals surface area contributed by atoms with Crippen molar-refractivity contribution in [3.8, 4) is 22.6 Å². The Hall–Kier alpha value is -1.36. The van der Waals surface area contributed by atoms with E-state index in [4.69, 9.17) is 14.0 Å². The summed E-state index contributed by atoms with van der Waals surface area (Å²) in [5.41, 5.74) is 1.71. The second-order valence-electron chi connectivity index (χ2n) is 4.14. The standard InChI is InChI=1S/C14H14IO6S/c1-19-11-5-3-10(4-6-11)13-8-7-12(20-2)9-14(13)15-21-22(16,17)18/h3-9H,1-2H3,(H,16,17,18)/q-1. The number of benzene rings is 2. The minimum absolute atomic E-state index is 0.589. The molecule has 120 valence electrons. The minimum atomic E-state index is -4.46. The molecule has 2 aromatic carbocycles. The van der Waals surface area contributed by atoms with E-state index in [-0.39, 0.29) is 0 Å². The molecule has 0 heterocycles. The van der Waals surface area contributed by atoms with Crippen molar-refractivity contribution in [3.63, 3.8) is 0 Å². The average Bonchev–Trinajstić information content (AvgIpc) is 2.52. The van der Waals surface area contributed by atoms with Gasteiger partial charge in [-0.3, -0.25) is 0 Å². The van der Waals surface area contributed by atoms with Gasteiger partial charge in [0.25, 0.3) is 0 Å². The summed E-state index contributed by atoms with van der Waals surface area (Å²) < 4.78 is 45.9. The molecule has 0 saturated heterocycles. The third kappa shape index (κ3) is 4.57. The molecule has 6 nitrogen and oxygen atoms in total. The van der Waals surface area contributed by atoms with Crippen LogP contribution in [0.25, 0.3) is 11.1 Å². The van der Waals surface area contributed by atoms with Gasteiger partial charge in [0.2, 0.25) is 0 Å². The van der Waals surface area contributed by atoms with Crippen molar-refractivity contribution in [2.45, 2.75) is 0 Å². The molecule has 0 aliphatic rings. The zero-order valence-corrected chi connectivity index (χ0v) is 14.8. The molecule has 0 unspecified atom stereocenters. The summed E-state index contributed by atoms with van der Waals surface area (Å²) >= 11 is -1.39. The topological polar surface area (TPSA) is 82.1 Å². The maximum absolute atomic E-state index is 10.8. The Morgan fingerprint density at radius 3 is 2.09 bits per heavy atom. The first-order valence-corrected chi connectivity index (χ1v) is 9.38. The Balaban J connectivity index is 2.39. The summed E-state index contributed by atoms with van der Waals surface area (Å²) in [6, 6.07) is 12.7. The van der Waals surface area contributed by atoms with E-state index in [1.54, 1.807) is 19.2 Å². The maximum atomic E-state index is 10.8. The predicted octanol–water partition coefficient (Wildman–Crippen LogP) is -0.636. The van der Waals surface area contributed by atoms with Gasteiger partial charge in [-0.25, -0.2) is 0 Å². The van der Waals surface area contributed by atoms with Crippen LogP contribution in [0.2, 0.25) is 0 Å². The van der Waals surface area contributed by atoms with Crippen LogP contribution in [0.4, 0.5) is 0 Å². The van der Waals surface area contributed by atoms with Crippen molar-refractivity contribution in [3.05, 3.63) is 46.0 Å². The Morgan fingerprint density at radius 1 is 0.955 bits per heavy atom. The summed E-state index contributed by atoms with van der Waals surface area (Å²) in [5, 5.41) is 0. The molecule has 1 N–H and O–H groups in total. The SMILES string of the molecule is COc1ccc(-c2ccc(OC)cc2[I-]OS(=O)(=O)O)cc1. The average molecular weight is 437 g/mol. The molecule has 0 radical (unpaired) electrons. The van der Waals surface area contributed by atoms with Crippen LogP contribution in [0.15, 0.2) is 42.5 Å². The zero-order chi connectivity index (χ0) is 16.2. The van der Waals surface area contributed by atoms with E-state index >= 15 is 0 Å². The fraction of sp³-hybridized carbons (Fsp3) is 0.143. The summed E-state index contributed by atoms with van der Waals surface area (Å²) in [6.45, 7) is 0. The van der Waals surface area contributed by atoms with Gasteiger partial charge in [0.15, 0.2) is 0 Å². The van der Waals surface area contributed by atoms with Crippen LogP contribution in [0, 0.1) is 3.57 Å². The van der Waals surface area contributed by atoms with Gasteiger partial charge in [-0.15, -0.1) is 0 Å². The zero-order valence-electron chi connectivity index (χ0n) is 11.8. The van der Waals surface area contributed by atoms with Gasteiger partial charge < -0.3 is 0 Å². The molecule has 0 aliphatic heterocycles. The number of halogens is 1. The summed E-state index contributed by atoms with van der Waals surface area (Å²) in [6.07, 6.45) is 0. The van der Waals surface area contributed by atoms with Crippen molar-refractivity contribution in [1.29, 1.82) is 0 Å². The van der Waals surface area contributed by atoms with E-state index < -0.39 is 32.0 Å². The van der Waals surface area contributed by atoms with Gasteiger partial charge >= 0.3 is 140 Å². The van der Waals surface area contributed by atoms with E-state index in [9.17, 15) is 8.42 Å². The summed E-state index contributed by atoms with van der Waals surface area (Å²) in [7, 11) is -1.36. The number of methoxy groups -OCH3 is 2. The van der Waals surface area contributed by atoms with Crippen LogP contribution in [-0.2, 0) is 12.9 Å². The van der Waals surface area contributed by atoms with Crippen LogP contribution in [-0.4, -0.2) is 27.2 Å². The van der Waals surface area contributed by atoms with Crippen LogP contribution in [0.3, 0.4) is 0 Å². The predicted molar refractivity (Wildman–Crippen MR) is 76.3 cm³/mol. The van der Waals surface area contributed by atoms with Gasteiger partial charge in [0, 0.05) is 0 Å². The number of hydrogen-bond donors (Lipinski definition) is 1. The number of ether oxygens (including phenoxy) is 2. The van der Waals surface area contributed by atoms with E-state index in [0.717, 1.165) is 16.9 Å². The van der Waals surface area contributed by atoms with Crippen LogP contribution in [0.1, 0.15) is 0 Å². The Kier molecular flexibility index (Phi) is 5.62. The van der Waals surface area contributed by atoms with Crippen molar-refractivity contribution in [2.24, 2.45) is 0 Å². The molecule has 0 aliphatic carbocycles. The van der Waals surface area contributed by atoms with Crippen LogP contribution >= 0.6 is 0 Å².